The fourth-order valence-electron chi connectivity index (χ4n) is 1.87. The maximum Gasteiger partial charge on any atom is 0.170 e. The molecule has 20 heavy (non-hydrogen) atoms. The van der Waals surface area contributed by atoms with Crippen LogP contribution < -0.4 is 9.47 Å². The molecule has 0 atom stereocenters. The fourth-order valence-corrected chi connectivity index (χ4v) is 1.87. The largest absolute Gasteiger partial charge is 0.490 e. The summed E-state index contributed by atoms with van der Waals surface area (Å²) in [4.78, 5) is 23.6. The molecule has 0 heterocycles. The highest BCUT2D eigenvalue weighted by Gasteiger charge is 2.14. The molecule has 0 radical (unpaired) electrons. The Morgan fingerprint density at radius 3 is 2.25 bits per heavy atom. The van der Waals surface area contributed by atoms with Crippen LogP contribution in [0, 0.1) is 0 Å². The zero-order chi connectivity index (χ0) is 15.0. The van der Waals surface area contributed by atoms with Gasteiger partial charge in [-0.1, -0.05) is 6.92 Å². The Labute approximate surface area is 120 Å². The van der Waals surface area contributed by atoms with Crippen molar-refractivity contribution in [3.05, 3.63) is 23.8 Å². The van der Waals surface area contributed by atoms with Crippen LogP contribution in [-0.4, -0.2) is 24.8 Å². The normalized spacial score (nSPS) is 10.2. The van der Waals surface area contributed by atoms with Gasteiger partial charge in [0.25, 0.3) is 0 Å². The van der Waals surface area contributed by atoms with Gasteiger partial charge >= 0.3 is 0 Å². The van der Waals surface area contributed by atoms with E-state index in [0.29, 0.717) is 36.7 Å². The average molecular weight is 278 g/mol. The molecule has 0 fully saturated rings. The van der Waals surface area contributed by atoms with Gasteiger partial charge in [0.1, 0.15) is 5.78 Å². The van der Waals surface area contributed by atoms with Gasteiger partial charge in [0.15, 0.2) is 17.3 Å². The SMILES string of the molecule is CCCC(=O)CC(=O)c1ccc(OCC)c(OCC)c1. The van der Waals surface area contributed by atoms with Crippen LogP contribution in [0.5, 0.6) is 11.5 Å². The molecule has 0 N–H and O–H groups in total. The third-order valence-electron chi connectivity index (χ3n) is 2.75. The number of benzene rings is 1. The van der Waals surface area contributed by atoms with E-state index in [-0.39, 0.29) is 18.0 Å². The molecule has 1 aromatic rings. The van der Waals surface area contributed by atoms with E-state index in [0.717, 1.165) is 6.42 Å². The topological polar surface area (TPSA) is 52.6 Å². The van der Waals surface area contributed by atoms with Gasteiger partial charge in [-0.05, 0) is 38.5 Å². The molecule has 110 valence electrons. The van der Waals surface area contributed by atoms with E-state index in [9.17, 15) is 9.59 Å². The van der Waals surface area contributed by atoms with Crippen molar-refractivity contribution in [3.8, 4) is 11.5 Å². The van der Waals surface area contributed by atoms with Gasteiger partial charge in [-0.15, -0.1) is 0 Å². The predicted molar refractivity (Wildman–Crippen MR) is 77.6 cm³/mol. The standard InChI is InChI=1S/C16H22O4/c1-4-7-13(17)11-14(18)12-8-9-15(19-5-2)16(10-12)20-6-3/h8-10H,4-7,11H2,1-3H3. The van der Waals surface area contributed by atoms with Crippen molar-refractivity contribution in [1.29, 1.82) is 0 Å². The quantitative estimate of drug-likeness (QED) is 0.513. The summed E-state index contributed by atoms with van der Waals surface area (Å²) in [6.45, 7) is 6.70. The summed E-state index contributed by atoms with van der Waals surface area (Å²) >= 11 is 0. The van der Waals surface area contributed by atoms with Crippen molar-refractivity contribution in [2.24, 2.45) is 0 Å². The molecule has 0 aromatic heterocycles. The first-order chi connectivity index (χ1) is 9.62. The predicted octanol–water partition coefficient (Wildman–Crippen LogP) is 3.43. The van der Waals surface area contributed by atoms with Crippen LogP contribution in [0.15, 0.2) is 18.2 Å². The summed E-state index contributed by atoms with van der Waals surface area (Å²) in [5.41, 5.74) is 0.487. The maximum absolute atomic E-state index is 12.0. The number of ketones is 2. The summed E-state index contributed by atoms with van der Waals surface area (Å²) < 4.78 is 10.9. The van der Waals surface area contributed by atoms with Crippen molar-refractivity contribution >= 4 is 11.6 Å². The molecule has 0 amide bonds. The second-order valence-corrected chi connectivity index (χ2v) is 4.42. The molecule has 0 saturated carbocycles. The van der Waals surface area contributed by atoms with E-state index in [1.807, 2.05) is 20.8 Å². The molecule has 4 nitrogen and oxygen atoms in total. The number of Topliss-reactive ketones (excluding diaryl/α,β-unsaturated/α-hetero) is 2. The second-order valence-electron chi connectivity index (χ2n) is 4.42. The molecule has 0 aliphatic carbocycles. The van der Waals surface area contributed by atoms with Crippen molar-refractivity contribution in [1.82, 2.24) is 0 Å². The van der Waals surface area contributed by atoms with Crippen molar-refractivity contribution in [2.75, 3.05) is 13.2 Å². The first-order valence-electron chi connectivity index (χ1n) is 7.06. The molecule has 0 spiro atoms. The minimum absolute atomic E-state index is 0.0238. The monoisotopic (exact) mass is 278 g/mol. The lowest BCUT2D eigenvalue weighted by Gasteiger charge is -2.11. The number of hydrogen-bond donors (Lipinski definition) is 0. The van der Waals surface area contributed by atoms with Gasteiger partial charge in [-0.3, -0.25) is 9.59 Å². The Morgan fingerprint density at radius 2 is 1.65 bits per heavy atom. The lowest BCUT2D eigenvalue weighted by Crippen LogP contribution is -2.08. The zero-order valence-electron chi connectivity index (χ0n) is 12.4. The van der Waals surface area contributed by atoms with Gasteiger partial charge in [-0.25, -0.2) is 0 Å². The van der Waals surface area contributed by atoms with Crippen LogP contribution >= 0.6 is 0 Å². The molecular formula is C16H22O4. The van der Waals surface area contributed by atoms with Crippen molar-refractivity contribution in [3.63, 3.8) is 0 Å². The first kappa shape index (κ1) is 16.2. The van der Waals surface area contributed by atoms with E-state index in [2.05, 4.69) is 0 Å². The second kappa shape index (κ2) is 8.35. The molecular weight excluding hydrogens is 256 g/mol. The summed E-state index contributed by atoms with van der Waals surface area (Å²) in [7, 11) is 0. The fraction of sp³-hybridized carbons (Fsp3) is 0.500. The number of ether oxygens (including phenoxy) is 2. The van der Waals surface area contributed by atoms with Crippen LogP contribution in [0.3, 0.4) is 0 Å². The Hall–Kier alpha value is -1.84. The highest BCUT2D eigenvalue weighted by Crippen LogP contribution is 2.29. The number of carbonyl (C=O) groups is 2. The minimum Gasteiger partial charge on any atom is -0.490 e. The smallest absolute Gasteiger partial charge is 0.170 e. The Morgan fingerprint density at radius 1 is 1.00 bits per heavy atom. The highest BCUT2D eigenvalue weighted by molar-refractivity contribution is 6.08. The number of rotatable bonds is 9. The summed E-state index contributed by atoms with van der Waals surface area (Å²) in [6.07, 6.45) is 1.16. The van der Waals surface area contributed by atoms with Crippen molar-refractivity contribution in [2.45, 2.75) is 40.0 Å². The molecule has 1 rings (SSSR count). The van der Waals surface area contributed by atoms with Crippen LogP contribution in [0.25, 0.3) is 0 Å². The molecule has 1 aromatic carbocycles. The highest BCUT2D eigenvalue weighted by atomic mass is 16.5. The van der Waals surface area contributed by atoms with E-state index in [4.69, 9.17) is 9.47 Å². The van der Waals surface area contributed by atoms with E-state index >= 15 is 0 Å². The Bertz CT molecular complexity index is 466. The van der Waals surface area contributed by atoms with Gasteiger partial charge in [-0.2, -0.15) is 0 Å². The summed E-state index contributed by atoms with van der Waals surface area (Å²) in [5.74, 6) is 0.964. The zero-order valence-corrected chi connectivity index (χ0v) is 12.4. The van der Waals surface area contributed by atoms with Crippen molar-refractivity contribution < 1.29 is 19.1 Å². The molecule has 4 heteroatoms. The average Bonchev–Trinajstić information content (AvgIpc) is 2.41. The van der Waals surface area contributed by atoms with Crippen LogP contribution in [0.1, 0.15) is 50.4 Å². The molecule has 0 aliphatic rings. The molecule has 0 saturated heterocycles. The van der Waals surface area contributed by atoms with Crippen LogP contribution in [0.2, 0.25) is 0 Å². The third kappa shape index (κ3) is 4.68. The third-order valence-corrected chi connectivity index (χ3v) is 2.75. The van der Waals surface area contributed by atoms with Crippen LogP contribution in [-0.2, 0) is 4.79 Å². The summed E-state index contributed by atoms with van der Waals surface area (Å²) in [6, 6.07) is 5.04. The van der Waals surface area contributed by atoms with E-state index in [1.54, 1.807) is 18.2 Å². The lowest BCUT2D eigenvalue weighted by molar-refractivity contribution is -0.118. The van der Waals surface area contributed by atoms with Gasteiger partial charge in [0.2, 0.25) is 0 Å². The van der Waals surface area contributed by atoms with Gasteiger partial charge in [0, 0.05) is 12.0 Å². The first-order valence-corrected chi connectivity index (χ1v) is 7.06. The molecule has 0 unspecified atom stereocenters. The van der Waals surface area contributed by atoms with E-state index in [1.165, 1.54) is 0 Å². The lowest BCUT2D eigenvalue weighted by atomic mass is 10.0. The van der Waals surface area contributed by atoms with Crippen LogP contribution in [0.4, 0.5) is 0 Å². The molecule has 0 aliphatic heterocycles. The Kier molecular flexibility index (Phi) is 6.77. The molecule has 0 bridgehead atoms. The number of carbonyl (C=O) groups excluding carboxylic acids is 2. The van der Waals surface area contributed by atoms with E-state index < -0.39 is 0 Å². The van der Waals surface area contributed by atoms with Gasteiger partial charge < -0.3 is 9.47 Å². The number of hydrogen-bond acceptors (Lipinski definition) is 4. The van der Waals surface area contributed by atoms with Gasteiger partial charge in [0.05, 0.1) is 19.6 Å². The maximum atomic E-state index is 12.0. The Balaban J connectivity index is 2.87. The minimum atomic E-state index is -0.174. The summed E-state index contributed by atoms with van der Waals surface area (Å²) in [5, 5.41) is 0.